The third-order valence-corrected chi connectivity index (χ3v) is 4.78. The van der Waals surface area contributed by atoms with Crippen molar-refractivity contribution in [3.05, 3.63) is 28.3 Å². The van der Waals surface area contributed by atoms with E-state index in [-0.39, 0.29) is 24.0 Å². The lowest BCUT2D eigenvalue weighted by Crippen LogP contribution is -2.28. The number of primary sulfonamides is 1. The van der Waals surface area contributed by atoms with Crippen molar-refractivity contribution < 1.29 is 13.2 Å². The van der Waals surface area contributed by atoms with Crippen LogP contribution in [-0.2, 0) is 14.8 Å². The summed E-state index contributed by atoms with van der Waals surface area (Å²) in [7, 11) is -3.56. The summed E-state index contributed by atoms with van der Waals surface area (Å²) in [6, 6.07) is 3.67. The second-order valence-electron chi connectivity index (χ2n) is 5.29. The average molecular weight is 317 g/mol. The molecule has 0 saturated carbocycles. The van der Waals surface area contributed by atoms with Crippen LogP contribution < -0.4 is 10.0 Å². The van der Waals surface area contributed by atoms with Crippen molar-refractivity contribution in [2.75, 3.05) is 17.2 Å². The number of aryl methyl sites for hydroxylation is 2. The van der Waals surface area contributed by atoms with Crippen molar-refractivity contribution in [3.8, 4) is 0 Å². The van der Waals surface area contributed by atoms with Gasteiger partial charge in [-0.05, 0) is 37.1 Å². The number of nitrogens with two attached hydrogens (primary N) is 1. The minimum atomic E-state index is -3.56. The second kappa shape index (κ2) is 5.35. The van der Waals surface area contributed by atoms with Crippen LogP contribution in [0.1, 0.15) is 17.5 Å². The summed E-state index contributed by atoms with van der Waals surface area (Å²) in [6.45, 7) is 4.12. The molecule has 0 radical (unpaired) electrons. The van der Waals surface area contributed by atoms with E-state index in [0.717, 1.165) is 16.8 Å². The van der Waals surface area contributed by atoms with Crippen molar-refractivity contribution in [1.82, 2.24) is 0 Å². The van der Waals surface area contributed by atoms with Crippen LogP contribution in [0.3, 0.4) is 0 Å². The van der Waals surface area contributed by atoms with Crippen LogP contribution in [0.5, 0.6) is 0 Å². The van der Waals surface area contributed by atoms with Gasteiger partial charge in [0.05, 0.1) is 5.75 Å². The van der Waals surface area contributed by atoms with E-state index in [4.69, 9.17) is 16.7 Å². The van der Waals surface area contributed by atoms with Gasteiger partial charge in [-0.25, -0.2) is 13.6 Å². The van der Waals surface area contributed by atoms with Crippen molar-refractivity contribution in [2.24, 2.45) is 11.1 Å². The van der Waals surface area contributed by atoms with Gasteiger partial charge in [-0.15, -0.1) is 0 Å². The number of hydrogen-bond acceptors (Lipinski definition) is 3. The van der Waals surface area contributed by atoms with Gasteiger partial charge < -0.3 is 4.90 Å². The lowest BCUT2D eigenvalue weighted by atomic mass is 10.1. The molecule has 0 aromatic heterocycles. The van der Waals surface area contributed by atoms with Gasteiger partial charge in [0.2, 0.25) is 15.9 Å². The van der Waals surface area contributed by atoms with Gasteiger partial charge in [-0.3, -0.25) is 4.79 Å². The van der Waals surface area contributed by atoms with E-state index in [1.165, 1.54) is 0 Å². The molecule has 1 heterocycles. The highest BCUT2D eigenvalue weighted by molar-refractivity contribution is 7.89. The minimum absolute atomic E-state index is 0.0801. The molecular weight excluding hydrogens is 300 g/mol. The first-order valence-electron chi connectivity index (χ1n) is 6.25. The van der Waals surface area contributed by atoms with Crippen molar-refractivity contribution in [2.45, 2.75) is 20.3 Å². The highest BCUT2D eigenvalue weighted by atomic mass is 35.5. The van der Waals surface area contributed by atoms with Crippen LogP contribution in [0.15, 0.2) is 12.1 Å². The topological polar surface area (TPSA) is 80.5 Å². The number of carbonyl (C=O) groups is 1. The SMILES string of the molecule is Cc1cc(N2CC(CS(N)(=O)=O)CC2=O)c(C)cc1Cl. The quantitative estimate of drug-likeness (QED) is 0.919. The molecule has 0 spiro atoms. The lowest BCUT2D eigenvalue weighted by molar-refractivity contribution is -0.117. The maximum absolute atomic E-state index is 12.1. The van der Waals surface area contributed by atoms with Crippen LogP contribution in [0, 0.1) is 19.8 Å². The maximum Gasteiger partial charge on any atom is 0.227 e. The fourth-order valence-electron chi connectivity index (χ4n) is 2.51. The first-order valence-corrected chi connectivity index (χ1v) is 8.34. The molecule has 7 heteroatoms. The molecule has 1 fully saturated rings. The predicted octanol–water partition coefficient (Wildman–Crippen LogP) is 1.60. The number of rotatable bonds is 3. The molecule has 110 valence electrons. The molecule has 5 nitrogen and oxygen atoms in total. The zero-order valence-corrected chi connectivity index (χ0v) is 13.0. The van der Waals surface area contributed by atoms with Crippen LogP contribution >= 0.6 is 11.6 Å². The lowest BCUT2D eigenvalue weighted by Gasteiger charge is -2.20. The van der Waals surface area contributed by atoms with E-state index in [1.807, 2.05) is 26.0 Å². The predicted molar refractivity (Wildman–Crippen MR) is 79.4 cm³/mol. The smallest absolute Gasteiger partial charge is 0.227 e. The highest BCUT2D eigenvalue weighted by Crippen LogP contribution is 2.31. The largest absolute Gasteiger partial charge is 0.312 e. The summed E-state index contributed by atoms with van der Waals surface area (Å²) in [5.74, 6) is -0.503. The molecule has 1 aromatic carbocycles. The fourth-order valence-corrected chi connectivity index (χ4v) is 3.61. The molecule has 2 N–H and O–H groups in total. The molecule has 1 unspecified atom stereocenters. The molecule has 1 saturated heterocycles. The van der Waals surface area contributed by atoms with Gasteiger partial charge in [-0.2, -0.15) is 0 Å². The number of nitrogens with zero attached hydrogens (tertiary/aromatic N) is 1. The summed E-state index contributed by atoms with van der Waals surface area (Å²) < 4.78 is 22.3. The van der Waals surface area contributed by atoms with Crippen LogP contribution in [-0.4, -0.2) is 26.6 Å². The number of carbonyl (C=O) groups excluding carboxylic acids is 1. The average Bonchev–Trinajstić information content (AvgIpc) is 2.62. The van der Waals surface area contributed by atoms with Crippen LogP contribution in [0.2, 0.25) is 5.02 Å². The van der Waals surface area contributed by atoms with Crippen LogP contribution in [0.25, 0.3) is 0 Å². The molecular formula is C13H17ClN2O3S. The van der Waals surface area contributed by atoms with Gasteiger partial charge in [0.1, 0.15) is 0 Å². The third kappa shape index (κ3) is 3.31. The zero-order valence-electron chi connectivity index (χ0n) is 11.4. The number of hydrogen-bond donors (Lipinski definition) is 1. The zero-order chi connectivity index (χ0) is 15.1. The van der Waals surface area contributed by atoms with Crippen molar-refractivity contribution in [1.29, 1.82) is 0 Å². The number of sulfonamides is 1. The second-order valence-corrected chi connectivity index (χ2v) is 7.36. The number of halogens is 1. The van der Waals surface area contributed by atoms with E-state index < -0.39 is 10.0 Å². The molecule has 1 aliphatic rings. The minimum Gasteiger partial charge on any atom is -0.312 e. The molecule has 0 aliphatic carbocycles. The molecule has 1 amide bonds. The third-order valence-electron chi connectivity index (χ3n) is 3.44. The van der Waals surface area contributed by atoms with E-state index in [2.05, 4.69) is 0 Å². The Bertz CT molecular complexity index is 658. The summed E-state index contributed by atoms with van der Waals surface area (Å²) >= 11 is 6.05. The summed E-state index contributed by atoms with van der Waals surface area (Å²) in [5.41, 5.74) is 2.56. The summed E-state index contributed by atoms with van der Waals surface area (Å²) in [6.07, 6.45) is 0.206. The van der Waals surface area contributed by atoms with Crippen molar-refractivity contribution >= 4 is 33.2 Å². The first kappa shape index (κ1) is 15.3. The van der Waals surface area contributed by atoms with Gasteiger partial charge in [-0.1, -0.05) is 11.6 Å². The Morgan fingerprint density at radius 3 is 2.60 bits per heavy atom. The highest BCUT2D eigenvalue weighted by Gasteiger charge is 2.33. The number of amides is 1. The Morgan fingerprint density at radius 1 is 1.35 bits per heavy atom. The van der Waals surface area contributed by atoms with E-state index in [0.29, 0.717) is 11.6 Å². The maximum atomic E-state index is 12.1. The molecule has 1 aliphatic heterocycles. The molecule has 2 rings (SSSR count). The Kier molecular flexibility index (Phi) is 4.09. The fraction of sp³-hybridized carbons (Fsp3) is 0.462. The first-order chi connectivity index (χ1) is 9.17. The molecule has 20 heavy (non-hydrogen) atoms. The summed E-state index contributed by atoms with van der Waals surface area (Å²) in [4.78, 5) is 13.7. The van der Waals surface area contributed by atoms with Crippen LogP contribution in [0.4, 0.5) is 5.69 Å². The molecule has 0 bridgehead atoms. The standard InChI is InChI=1S/C13H17ClN2O3S/c1-8-4-12(9(2)3-11(8)14)16-6-10(5-13(16)17)7-20(15,18)19/h3-4,10H,5-7H2,1-2H3,(H2,15,18,19). The number of benzene rings is 1. The van der Waals surface area contributed by atoms with Gasteiger partial charge >= 0.3 is 0 Å². The van der Waals surface area contributed by atoms with E-state index in [1.54, 1.807) is 4.90 Å². The van der Waals surface area contributed by atoms with E-state index >= 15 is 0 Å². The Balaban J connectivity index is 2.26. The molecule has 1 atom stereocenters. The Hall–Kier alpha value is -1.11. The van der Waals surface area contributed by atoms with Gasteiger partial charge in [0, 0.05) is 29.6 Å². The van der Waals surface area contributed by atoms with E-state index in [9.17, 15) is 13.2 Å². The summed E-state index contributed by atoms with van der Waals surface area (Å²) in [5, 5.41) is 5.70. The molecule has 1 aromatic rings. The Morgan fingerprint density at radius 2 is 2.00 bits per heavy atom. The monoisotopic (exact) mass is 316 g/mol. The van der Waals surface area contributed by atoms with Gasteiger partial charge in [0.15, 0.2) is 0 Å². The Labute approximate surface area is 123 Å². The van der Waals surface area contributed by atoms with Crippen molar-refractivity contribution in [3.63, 3.8) is 0 Å². The number of anilines is 1. The van der Waals surface area contributed by atoms with Gasteiger partial charge in [0.25, 0.3) is 0 Å². The normalized spacial score (nSPS) is 19.7.